The second-order valence-electron chi connectivity index (χ2n) is 4.96. The van der Waals surface area contributed by atoms with Gasteiger partial charge >= 0.3 is 0 Å². The zero-order chi connectivity index (χ0) is 15.4. The van der Waals surface area contributed by atoms with E-state index in [9.17, 15) is 15.2 Å². The third kappa shape index (κ3) is 3.66. The second kappa shape index (κ2) is 6.49. The average molecular weight is 303 g/mol. The molecule has 0 saturated heterocycles. The zero-order valence-electron chi connectivity index (χ0n) is 11.7. The van der Waals surface area contributed by atoms with Gasteiger partial charge in [0, 0.05) is 23.2 Å². The van der Waals surface area contributed by atoms with Gasteiger partial charge in [-0.1, -0.05) is 31.7 Å². The summed E-state index contributed by atoms with van der Waals surface area (Å²) in [5.41, 5.74) is 0.139. The Morgan fingerprint density at radius 3 is 2.67 bits per heavy atom. The molecule has 0 amide bonds. The smallest absolute Gasteiger partial charge is 0.270 e. The van der Waals surface area contributed by atoms with Gasteiger partial charge in [-0.15, -0.1) is 11.3 Å². The van der Waals surface area contributed by atoms with Crippen LogP contribution >= 0.6 is 11.3 Å². The molecule has 0 aliphatic carbocycles. The number of hydrogen-bond donors (Lipinski definition) is 0. The number of nitro groups is 1. The monoisotopic (exact) mass is 303 g/mol. The minimum absolute atomic E-state index is 0.0522. The van der Waals surface area contributed by atoms with E-state index in [2.05, 4.69) is 4.99 Å². The van der Waals surface area contributed by atoms with E-state index in [1.165, 1.54) is 24.4 Å². The fraction of sp³-hybridized carbons (Fsp3) is 0.267. The lowest BCUT2D eigenvalue weighted by Gasteiger charge is -2.15. The minimum atomic E-state index is -0.518. The first-order valence-electron chi connectivity index (χ1n) is 6.51. The molecule has 5 nitrogen and oxygen atoms in total. The summed E-state index contributed by atoms with van der Waals surface area (Å²) in [5.74, 6) is 0.00624. The van der Waals surface area contributed by atoms with E-state index in [0.29, 0.717) is 0 Å². The minimum Gasteiger partial charge on any atom is -0.872 e. The lowest BCUT2D eigenvalue weighted by molar-refractivity contribution is -0.385. The van der Waals surface area contributed by atoms with Crippen molar-refractivity contribution >= 4 is 23.2 Å². The van der Waals surface area contributed by atoms with Gasteiger partial charge < -0.3 is 5.11 Å². The van der Waals surface area contributed by atoms with Gasteiger partial charge in [0.1, 0.15) is 0 Å². The Morgan fingerprint density at radius 2 is 2.10 bits per heavy atom. The Kier molecular flexibility index (Phi) is 4.70. The van der Waals surface area contributed by atoms with Gasteiger partial charge in [0.05, 0.1) is 11.0 Å². The van der Waals surface area contributed by atoms with E-state index < -0.39 is 4.92 Å². The van der Waals surface area contributed by atoms with Crippen LogP contribution in [0.1, 0.15) is 30.3 Å². The molecule has 21 heavy (non-hydrogen) atoms. The topological polar surface area (TPSA) is 78.6 Å². The highest BCUT2D eigenvalue weighted by molar-refractivity contribution is 7.10. The predicted molar refractivity (Wildman–Crippen MR) is 82.0 cm³/mol. The Balaban J connectivity index is 2.30. The summed E-state index contributed by atoms with van der Waals surface area (Å²) in [5, 5.41) is 24.5. The van der Waals surface area contributed by atoms with Crippen LogP contribution in [0.5, 0.6) is 5.75 Å². The van der Waals surface area contributed by atoms with E-state index in [0.717, 1.165) is 4.88 Å². The maximum atomic E-state index is 11.8. The standard InChI is InChI=1S/C15H16N2O3S/c1-10(2)15(14-4-3-7-21-14)16-9-11-8-12(17(19)20)5-6-13(11)18/h3-10,15,18H,1-2H3/p-1/t15-/m0/s1. The molecule has 0 aliphatic rings. The summed E-state index contributed by atoms with van der Waals surface area (Å²) >= 11 is 1.61. The molecule has 0 unspecified atom stereocenters. The van der Waals surface area contributed by atoms with Crippen LogP contribution < -0.4 is 5.11 Å². The third-order valence-corrected chi connectivity index (χ3v) is 3.99. The number of nitrogens with zero attached hydrogens (tertiary/aromatic N) is 2. The third-order valence-electron chi connectivity index (χ3n) is 3.04. The van der Waals surface area contributed by atoms with Crippen molar-refractivity contribution in [2.24, 2.45) is 10.9 Å². The van der Waals surface area contributed by atoms with Gasteiger partial charge in [0.25, 0.3) is 5.69 Å². The predicted octanol–water partition coefficient (Wildman–Crippen LogP) is 3.55. The number of non-ortho nitro benzene ring substituents is 1. The van der Waals surface area contributed by atoms with Crippen LogP contribution in [0, 0.1) is 16.0 Å². The lowest BCUT2D eigenvalue weighted by Crippen LogP contribution is -2.04. The number of benzene rings is 1. The number of nitro benzene ring substituents is 1. The molecular formula is C15H15N2O3S-. The van der Waals surface area contributed by atoms with Crippen molar-refractivity contribution in [2.75, 3.05) is 0 Å². The molecule has 0 spiro atoms. The summed E-state index contributed by atoms with van der Waals surface area (Å²) < 4.78 is 0. The summed E-state index contributed by atoms with van der Waals surface area (Å²) in [6.45, 7) is 4.10. The molecule has 2 aromatic rings. The van der Waals surface area contributed by atoms with Crippen LogP contribution in [0.15, 0.2) is 40.7 Å². The van der Waals surface area contributed by atoms with Crippen LogP contribution in [-0.4, -0.2) is 11.1 Å². The molecule has 110 valence electrons. The fourth-order valence-electron chi connectivity index (χ4n) is 1.94. The van der Waals surface area contributed by atoms with Crippen molar-refractivity contribution in [1.82, 2.24) is 0 Å². The molecule has 0 N–H and O–H groups in total. The van der Waals surface area contributed by atoms with Gasteiger partial charge in [-0.25, -0.2) is 0 Å². The molecule has 1 aromatic carbocycles. The Morgan fingerprint density at radius 1 is 1.33 bits per heavy atom. The highest BCUT2D eigenvalue weighted by Crippen LogP contribution is 2.30. The summed E-state index contributed by atoms with van der Waals surface area (Å²) in [6, 6.07) is 7.57. The summed E-state index contributed by atoms with van der Waals surface area (Å²) in [7, 11) is 0. The maximum absolute atomic E-state index is 11.8. The SMILES string of the molecule is CC(C)[C@H](N=Cc1cc([N+](=O)[O-])ccc1[O-])c1cccs1. The van der Waals surface area contributed by atoms with Crippen molar-refractivity contribution < 1.29 is 10.0 Å². The molecule has 2 rings (SSSR count). The zero-order valence-corrected chi connectivity index (χ0v) is 12.5. The van der Waals surface area contributed by atoms with Crippen LogP contribution in [0.2, 0.25) is 0 Å². The molecule has 0 saturated carbocycles. The largest absolute Gasteiger partial charge is 0.872 e. The van der Waals surface area contributed by atoms with Crippen molar-refractivity contribution in [3.63, 3.8) is 0 Å². The van der Waals surface area contributed by atoms with E-state index in [1.807, 2.05) is 31.4 Å². The molecule has 0 radical (unpaired) electrons. The van der Waals surface area contributed by atoms with Crippen LogP contribution in [0.25, 0.3) is 0 Å². The number of thiophene rings is 1. The normalized spacial score (nSPS) is 12.9. The van der Waals surface area contributed by atoms with Crippen LogP contribution in [0.3, 0.4) is 0 Å². The van der Waals surface area contributed by atoms with Crippen LogP contribution in [0.4, 0.5) is 5.69 Å². The van der Waals surface area contributed by atoms with Gasteiger partial charge in [-0.3, -0.25) is 15.1 Å². The average Bonchev–Trinajstić information content (AvgIpc) is 2.94. The molecule has 0 aliphatic heterocycles. The lowest BCUT2D eigenvalue weighted by atomic mass is 10.0. The van der Waals surface area contributed by atoms with E-state index in [4.69, 9.17) is 0 Å². The van der Waals surface area contributed by atoms with Gasteiger partial charge in [0.15, 0.2) is 0 Å². The van der Waals surface area contributed by atoms with Gasteiger partial charge in [-0.05, 0) is 22.9 Å². The first-order valence-corrected chi connectivity index (χ1v) is 7.39. The molecule has 0 bridgehead atoms. The molecule has 1 atom stereocenters. The number of rotatable bonds is 5. The van der Waals surface area contributed by atoms with Crippen LogP contribution in [-0.2, 0) is 0 Å². The number of hydrogen-bond acceptors (Lipinski definition) is 5. The Bertz CT molecular complexity index is 651. The Labute approximate surface area is 126 Å². The highest BCUT2D eigenvalue weighted by Gasteiger charge is 2.15. The Hall–Kier alpha value is -2.21. The van der Waals surface area contributed by atoms with E-state index >= 15 is 0 Å². The molecule has 0 fully saturated rings. The van der Waals surface area contributed by atoms with Gasteiger partial charge in [-0.2, -0.15) is 0 Å². The van der Waals surface area contributed by atoms with E-state index in [-0.39, 0.29) is 29.0 Å². The number of aliphatic imine (C=N–C) groups is 1. The second-order valence-corrected chi connectivity index (χ2v) is 5.94. The summed E-state index contributed by atoms with van der Waals surface area (Å²) in [4.78, 5) is 15.8. The first-order chi connectivity index (χ1) is 9.99. The highest BCUT2D eigenvalue weighted by atomic mass is 32.1. The maximum Gasteiger partial charge on any atom is 0.270 e. The molecule has 1 heterocycles. The quantitative estimate of drug-likeness (QED) is 0.481. The molecular weight excluding hydrogens is 288 g/mol. The van der Waals surface area contributed by atoms with Crippen molar-refractivity contribution in [1.29, 1.82) is 0 Å². The molecule has 1 aromatic heterocycles. The first kappa shape index (κ1) is 15.2. The van der Waals surface area contributed by atoms with Crippen molar-refractivity contribution in [2.45, 2.75) is 19.9 Å². The van der Waals surface area contributed by atoms with Crippen molar-refractivity contribution in [3.05, 3.63) is 56.3 Å². The van der Waals surface area contributed by atoms with Gasteiger partial charge in [0.2, 0.25) is 0 Å². The summed E-state index contributed by atoms with van der Waals surface area (Å²) in [6.07, 6.45) is 1.44. The van der Waals surface area contributed by atoms with E-state index in [1.54, 1.807) is 11.3 Å². The molecule has 6 heteroatoms. The fourth-order valence-corrected chi connectivity index (χ4v) is 2.89. The van der Waals surface area contributed by atoms with Crippen molar-refractivity contribution in [3.8, 4) is 5.75 Å².